The van der Waals surface area contributed by atoms with E-state index in [1.165, 1.54) is 24.5 Å². The molecule has 0 aliphatic carbocycles. The van der Waals surface area contributed by atoms with Crippen molar-refractivity contribution >= 4 is 11.9 Å². The molecule has 0 amide bonds. The first-order valence-electron chi connectivity index (χ1n) is 10.1. The predicted octanol–water partition coefficient (Wildman–Crippen LogP) is 4.34. The van der Waals surface area contributed by atoms with Gasteiger partial charge in [0.05, 0.1) is 0 Å². The maximum atomic E-state index is 10.9. The van der Waals surface area contributed by atoms with Crippen LogP contribution >= 0.6 is 0 Å². The van der Waals surface area contributed by atoms with Crippen molar-refractivity contribution in [3.05, 3.63) is 119 Å². The van der Waals surface area contributed by atoms with Gasteiger partial charge < -0.3 is 10.2 Å². The number of aromatic carboxylic acids is 2. The Morgan fingerprint density at radius 2 is 0.824 bits per heavy atom. The Kier molecular flexibility index (Phi) is 6.44. The maximum absolute atomic E-state index is 10.9. The molecule has 0 fully saturated rings. The van der Waals surface area contributed by atoms with E-state index < -0.39 is 11.9 Å². The lowest BCUT2D eigenvalue weighted by molar-refractivity contribution is 0.0680. The summed E-state index contributed by atoms with van der Waals surface area (Å²) in [6, 6.07) is 21.7. The molecular formula is C28H16N2O4. The van der Waals surface area contributed by atoms with Crippen molar-refractivity contribution in [2.75, 3.05) is 0 Å². The zero-order valence-corrected chi connectivity index (χ0v) is 17.7. The molecule has 2 heterocycles. The molecule has 0 saturated heterocycles. The van der Waals surface area contributed by atoms with Gasteiger partial charge in [0.2, 0.25) is 0 Å². The van der Waals surface area contributed by atoms with Crippen LogP contribution in [0.1, 0.15) is 43.2 Å². The van der Waals surface area contributed by atoms with Crippen LogP contribution in [0.25, 0.3) is 11.1 Å². The minimum atomic E-state index is -1.07. The number of hydrogen-bond donors (Lipinski definition) is 2. The molecule has 2 aromatic heterocycles. The standard InChI is InChI=1S/C28H16N2O4/c31-27(32)25-15-9-21(17-29-25)3-1-19-5-11-23(12-6-19)24-13-7-20(8-14-24)2-4-22-10-16-26(28(33)34)30-18-22/h5-18H,(H,31,32)(H,33,34). The second-order valence-electron chi connectivity index (χ2n) is 7.13. The lowest BCUT2D eigenvalue weighted by Gasteiger charge is -2.02. The van der Waals surface area contributed by atoms with Gasteiger partial charge in [-0.3, -0.25) is 0 Å². The zero-order chi connectivity index (χ0) is 23.9. The van der Waals surface area contributed by atoms with Gasteiger partial charge in [-0.15, -0.1) is 0 Å². The Balaban J connectivity index is 1.43. The van der Waals surface area contributed by atoms with Crippen LogP contribution in [0.4, 0.5) is 0 Å². The third kappa shape index (κ3) is 5.53. The minimum Gasteiger partial charge on any atom is -0.477 e. The van der Waals surface area contributed by atoms with Crippen LogP contribution in [0.5, 0.6) is 0 Å². The number of nitrogens with zero attached hydrogens (tertiary/aromatic N) is 2. The third-order valence-electron chi connectivity index (χ3n) is 4.77. The summed E-state index contributed by atoms with van der Waals surface area (Å²) in [5.41, 5.74) is 4.97. The molecule has 4 rings (SSSR count). The Labute approximate surface area is 195 Å². The van der Waals surface area contributed by atoms with Crippen molar-refractivity contribution in [1.82, 2.24) is 9.97 Å². The van der Waals surface area contributed by atoms with Gasteiger partial charge >= 0.3 is 11.9 Å². The normalized spacial score (nSPS) is 9.76. The highest BCUT2D eigenvalue weighted by Crippen LogP contribution is 2.20. The van der Waals surface area contributed by atoms with Crippen molar-refractivity contribution in [3.8, 4) is 34.8 Å². The zero-order valence-electron chi connectivity index (χ0n) is 17.7. The molecule has 2 N–H and O–H groups in total. The molecule has 0 radical (unpaired) electrons. The number of hydrogen-bond acceptors (Lipinski definition) is 4. The van der Waals surface area contributed by atoms with E-state index >= 15 is 0 Å². The van der Waals surface area contributed by atoms with E-state index in [4.69, 9.17) is 10.2 Å². The van der Waals surface area contributed by atoms with E-state index in [1.807, 2.05) is 48.5 Å². The number of carboxylic acid groups (broad SMARTS) is 2. The molecule has 0 spiro atoms. The number of carboxylic acids is 2. The third-order valence-corrected chi connectivity index (χ3v) is 4.77. The fraction of sp³-hybridized carbons (Fsp3) is 0. The van der Waals surface area contributed by atoms with Crippen molar-refractivity contribution < 1.29 is 19.8 Å². The van der Waals surface area contributed by atoms with Gasteiger partial charge in [0.15, 0.2) is 0 Å². The Hall–Kier alpha value is -5.20. The van der Waals surface area contributed by atoms with Crippen molar-refractivity contribution in [2.45, 2.75) is 0 Å². The summed E-state index contributed by atoms with van der Waals surface area (Å²) in [5, 5.41) is 17.8. The van der Waals surface area contributed by atoms with Crippen LogP contribution in [0.3, 0.4) is 0 Å². The maximum Gasteiger partial charge on any atom is 0.354 e. The summed E-state index contributed by atoms with van der Waals surface area (Å²) in [6.45, 7) is 0. The van der Waals surface area contributed by atoms with Gasteiger partial charge in [-0.2, -0.15) is 0 Å². The number of rotatable bonds is 3. The highest BCUT2D eigenvalue weighted by atomic mass is 16.4. The molecule has 34 heavy (non-hydrogen) atoms. The quantitative estimate of drug-likeness (QED) is 0.456. The Morgan fingerprint density at radius 1 is 0.500 bits per heavy atom. The SMILES string of the molecule is O=C(O)c1ccc(C#Cc2ccc(-c3ccc(C#Cc4ccc(C(=O)O)nc4)cc3)cc2)cn1. The van der Waals surface area contributed by atoms with Crippen molar-refractivity contribution in [1.29, 1.82) is 0 Å². The first-order valence-corrected chi connectivity index (χ1v) is 10.1. The van der Waals surface area contributed by atoms with Crippen LogP contribution in [-0.2, 0) is 0 Å². The van der Waals surface area contributed by atoms with E-state index in [9.17, 15) is 9.59 Å². The van der Waals surface area contributed by atoms with Crippen LogP contribution < -0.4 is 0 Å². The first-order chi connectivity index (χ1) is 16.5. The number of aromatic nitrogens is 2. The highest BCUT2D eigenvalue weighted by molar-refractivity contribution is 5.85. The van der Waals surface area contributed by atoms with Gasteiger partial charge in [-0.1, -0.05) is 47.9 Å². The van der Waals surface area contributed by atoms with Gasteiger partial charge in [-0.25, -0.2) is 19.6 Å². The summed E-state index contributed by atoms with van der Waals surface area (Å²) < 4.78 is 0. The van der Waals surface area contributed by atoms with E-state index in [0.29, 0.717) is 11.1 Å². The minimum absolute atomic E-state index is 0.0155. The molecular weight excluding hydrogens is 428 g/mol. The molecule has 0 bridgehead atoms. The van der Waals surface area contributed by atoms with E-state index in [2.05, 4.69) is 33.6 Å². The van der Waals surface area contributed by atoms with E-state index in [0.717, 1.165) is 22.3 Å². The molecule has 162 valence electrons. The molecule has 0 aliphatic rings. The van der Waals surface area contributed by atoms with Crippen molar-refractivity contribution in [3.63, 3.8) is 0 Å². The Morgan fingerprint density at radius 3 is 1.12 bits per heavy atom. The van der Waals surface area contributed by atoms with E-state index in [1.54, 1.807) is 12.1 Å². The van der Waals surface area contributed by atoms with Crippen LogP contribution in [0, 0.1) is 23.7 Å². The summed E-state index contributed by atoms with van der Waals surface area (Å²) in [4.78, 5) is 29.4. The largest absolute Gasteiger partial charge is 0.477 e. The average Bonchev–Trinajstić information content (AvgIpc) is 2.87. The molecule has 0 atom stereocenters. The summed E-state index contributed by atoms with van der Waals surface area (Å²) in [6.07, 6.45) is 2.88. The monoisotopic (exact) mass is 444 g/mol. The molecule has 6 heteroatoms. The number of benzene rings is 2. The predicted molar refractivity (Wildman–Crippen MR) is 126 cm³/mol. The van der Waals surface area contributed by atoms with Crippen molar-refractivity contribution in [2.24, 2.45) is 0 Å². The highest BCUT2D eigenvalue weighted by Gasteiger charge is 2.03. The fourth-order valence-corrected chi connectivity index (χ4v) is 2.97. The van der Waals surface area contributed by atoms with Crippen LogP contribution in [-0.4, -0.2) is 32.1 Å². The molecule has 4 aromatic rings. The molecule has 2 aromatic carbocycles. The molecule has 6 nitrogen and oxygen atoms in total. The van der Waals surface area contributed by atoms with Crippen LogP contribution in [0.2, 0.25) is 0 Å². The Bertz CT molecular complexity index is 1350. The van der Waals surface area contributed by atoms with Gasteiger partial charge in [0.25, 0.3) is 0 Å². The van der Waals surface area contributed by atoms with Crippen LogP contribution in [0.15, 0.2) is 85.2 Å². The second kappa shape index (κ2) is 9.95. The van der Waals surface area contributed by atoms with Gasteiger partial charge in [0.1, 0.15) is 11.4 Å². The lowest BCUT2D eigenvalue weighted by atomic mass is 10.0. The summed E-state index contributed by atoms with van der Waals surface area (Å²) in [7, 11) is 0. The van der Waals surface area contributed by atoms with Gasteiger partial charge in [-0.05, 0) is 59.7 Å². The fourth-order valence-electron chi connectivity index (χ4n) is 2.97. The number of carbonyl (C=O) groups is 2. The lowest BCUT2D eigenvalue weighted by Crippen LogP contribution is -1.99. The number of pyridine rings is 2. The van der Waals surface area contributed by atoms with Gasteiger partial charge in [0, 0.05) is 34.6 Å². The second-order valence-corrected chi connectivity index (χ2v) is 7.13. The molecule has 0 unspecified atom stereocenters. The topological polar surface area (TPSA) is 100 Å². The summed E-state index contributed by atoms with van der Waals surface area (Å²) in [5.74, 6) is 9.90. The molecule has 0 saturated carbocycles. The average molecular weight is 444 g/mol. The smallest absolute Gasteiger partial charge is 0.354 e. The summed E-state index contributed by atoms with van der Waals surface area (Å²) >= 11 is 0. The first kappa shape index (κ1) is 22.0. The van der Waals surface area contributed by atoms with E-state index in [-0.39, 0.29) is 11.4 Å². The molecule has 0 aliphatic heterocycles.